The number of thiophene rings is 1. The number of esters is 1. The second kappa shape index (κ2) is 8.73. The van der Waals surface area contributed by atoms with Crippen molar-refractivity contribution in [2.24, 2.45) is 0 Å². The van der Waals surface area contributed by atoms with Crippen molar-refractivity contribution in [3.63, 3.8) is 0 Å². The number of aromatic nitrogens is 2. The van der Waals surface area contributed by atoms with E-state index >= 15 is 0 Å². The molecule has 0 unspecified atom stereocenters. The van der Waals surface area contributed by atoms with E-state index in [9.17, 15) is 14.0 Å². The quantitative estimate of drug-likeness (QED) is 0.296. The summed E-state index contributed by atoms with van der Waals surface area (Å²) < 4.78 is 22.3. The monoisotopic (exact) mass is 436 g/mol. The van der Waals surface area contributed by atoms with Gasteiger partial charge in [0.05, 0.1) is 5.69 Å². The van der Waals surface area contributed by atoms with Crippen molar-refractivity contribution in [2.75, 3.05) is 6.61 Å². The molecule has 0 bridgehead atoms. The van der Waals surface area contributed by atoms with Gasteiger partial charge in [0.15, 0.2) is 6.61 Å². The molecule has 3 aromatic heterocycles. The van der Waals surface area contributed by atoms with Gasteiger partial charge in [-0.2, -0.15) is 0 Å². The highest BCUT2D eigenvalue weighted by molar-refractivity contribution is 7.12. The van der Waals surface area contributed by atoms with Crippen LogP contribution in [0.25, 0.3) is 5.69 Å². The van der Waals surface area contributed by atoms with Crippen LogP contribution in [0.1, 0.15) is 37.0 Å². The summed E-state index contributed by atoms with van der Waals surface area (Å²) in [4.78, 5) is 25.8. The maximum Gasteiger partial charge on any atom is 0.350 e. The molecule has 31 heavy (non-hydrogen) atoms. The molecule has 0 spiro atoms. The van der Waals surface area contributed by atoms with Crippen molar-refractivity contribution in [3.05, 3.63) is 99.5 Å². The molecule has 1 aromatic carbocycles. The Hall–Kier alpha value is -3.45. The number of carbonyl (C=O) groups is 2. The summed E-state index contributed by atoms with van der Waals surface area (Å²) in [5.41, 5.74) is 3.87. The van der Waals surface area contributed by atoms with E-state index in [4.69, 9.17) is 4.74 Å². The largest absolute Gasteiger partial charge is 0.453 e. The van der Waals surface area contributed by atoms with Crippen LogP contribution in [0.3, 0.4) is 0 Å². The average molecular weight is 437 g/mol. The van der Waals surface area contributed by atoms with Crippen LogP contribution in [-0.2, 0) is 11.3 Å². The van der Waals surface area contributed by atoms with Gasteiger partial charge in [0.25, 0.3) is 0 Å². The molecule has 0 aliphatic rings. The minimum absolute atomic E-state index is 0.258. The van der Waals surface area contributed by atoms with Crippen LogP contribution in [0.5, 0.6) is 0 Å². The highest BCUT2D eigenvalue weighted by atomic mass is 32.1. The van der Waals surface area contributed by atoms with Crippen molar-refractivity contribution < 1.29 is 18.7 Å². The first-order chi connectivity index (χ1) is 14.9. The van der Waals surface area contributed by atoms with E-state index < -0.39 is 5.97 Å². The zero-order valence-corrected chi connectivity index (χ0v) is 18.0. The van der Waals surface area contributed by atoms with E-state index in [1.807, 2.05) is 59.0 Å². The van der Waals surface area contributed by atoms with E-state index in [1.165, 1.54) is 23.5 Å². The molecule has 0 amide bonds. The van der Waals surface area contributed by atoms with Crippen LogP contribution in [0.4, 0.5) is 4.39 Å². The smallest absolute Gasteiger partial charge is 0.350 e. The Morgan fingerprint density at radius 2 is 1.77 bits per heavy atom. The zero-order valence-electron chi connectivity index (χ0n) is 17.2. The Labute approximate surface area is 183 Å². The Kier molecular flexibility index (Phi) is 5.86. The molecule has 7 heteroatoms. The molecule has 5 nitrogen and oxygen atoms in total. The molecule has 0 aliphatic heterocycles. The minimum atomic E-state index is -0.521. The summed E-state index contributed by atoms with van der Waals surface area (Å²) in [6, 6.07) is 13.7. The van der Waals surface area contributed by atoms with Crippen molar-refractivity contribution in [3.8, 4) is 5.69 Å². The van der Waals surface area contributed by atoms with Crippen molar-refractivity contribution >= 4 is 23.1 Å². The fourth-order valence-corrected chi connectivity index (χ4v) is 4.31. The van der Waals surface area contributed by atoms with Gasteiger partial charge in [0, 0.05) is 35.9 Å². The summed E-state index contributed by atoms with van der Waals surface area (Å²) in [5.74, 6) is -1.06. The number of carbonyl (C=O) groups excluding carboxylic acids is 2. The predicted molar refractivity (Wildman–Crippen MR) is 118 cm³/mol. The van der Waals surface area contributed by atoms with Crippen LogP contribution in [0.2, 0.25) is 0 Å². The minimum Gasteiger partial charge on any atom is -0.453 e. The van der Waals surface area contributed by atoms with Gasteiger partial charge in [-0.25, -0.2) is 9.18 Å². The van der Waals surface area contributed by atoms with Crippen LogP contribution in [-0.4, -0.2) is 27.5 Å². The number of benzene rings is 1. The summed E-state index contributed by atoms with van der Waals surface area (Å²) >= 11 is 1.28. The summed E-state index contributed by atoms with van der Waals surface area (Å²) in [5, 5.41) is 1.82. The number of nitrogens with zero attached hydrogens (tertiary/aromatic N) is 2. The number of hydrogen-bond donors (Lipinski definition) is 0. The molecule has 0 radical (unpaired) electrons. The molecular formula is C24H21FN2O3S. The van der Waals surface area contributed by atoms with Crippen LogP contribution < -0.4 is 0 Å². The average Bonchev–Trinajstić information content (AvgIpc) is 3.50. The topological polar surface area (TPSA) is 53.2 Å². The summed E-state index contributed by atoms with van der Waals surface area (Å²) in [6.45, 7) is 3.96. The maximum atomic E-state index is 13.2. The Morgan fingerprint density at radius 1 is 1.06 bits per heavy atom. The van der Waals surface area contributed by atoms with Gasteiger partial charge < -0.3 is 13.9 Å². The fourth-order valence-electron chi connectivity index (χ4n) is 3.53. The highest BCUT2D eigenvalue weighted by Crippen LogP contribution is 2.23. The second-order valence-electron chi connectivity index (χ2n) is 7.22. The number of halogens is 1. The number of ketones is 1. The molecule has 4 rings (SSSR count). The van der Waals surface area contributed by atoms with Gasteiger partial charge in [-0.1, -0.05) is 12.1 Å². The lowest BCUT2D eigenvalue weighted by molar-refractivity contribution is 0.0479. The summed E-state index contributed by atoms with van der Waals surface area (Å²) in [7, 11) is 0. The highest BCUT2D eigenvalue weighted by Gasteiger charge is 2.20. The first kappa shape index (κ1) is 20.8. The van der Waals surface area contributed by atoms with E-state index in [2.05, 4.69) is 0 Å². The molecule has 158 valence electrons. The molecule has 0 fully saturated rings. The molecule has 4 aromatic rings. The molecule has 0 saturated heterocycles. The Morgan fingerprint density at radius 3 is 2.48 bits per heavy atom. The third-order valence-electron chi connectivity index (χ3n) is 5.17. The molecule has 0 aliphatic carbocycles. The lowest BCUT2D eigenvalue weighted by Crippen LogP contribution is -2.15. The van der Waals surface area contributed by atoms with Crippen LogP contribution in [0, 0.1) is 19.7 Å². The lowest BCUT2D eigenvalue weighted by Gasteiger charge is -2.10. The van der Waals surface area contributed by atoms with Crippen LogP contribution >= 0.6 is 11.3 Å². The fraction of sp³-hybridized carbons (Fsp3) is 0.167. The number of rotatable bonds is 7. The molecule has 0 N–H and O–H groups in total. The van der Waals surface area contributed by atoms with E-state index in [0.717, 1.165) is 22.6 Å². The molecule has 3 heterocycles. The third-order valence-corrected chi connectivity index (χ3v) is 6.06. The van der Waals surface area contributed by atoms with E-state index in [0.29, 0.717) is 17.0 Å². The van der Waals surface area contributed by atoms with E-state index in [1.54, 1.807) is 18.2 Å². The first-order valence-corrected chi connectivity index (χ1v) is 10.6. The number of ether oxygens (including phenoxy) is 1. The molecule has 0 atom stereocenters. The van der Waals surface area contributed by atoms with Gasteiger partial charge in [0.2, 0.25) is 5.78 Å². The Balaban J connectivity index is 1.45. The van der Waals surface area contributed by atoms with Gasteiger partial charge in [-0.05, 0) is 61.2 Å². The SMILES string of the molecule is Cc1cc(C(=O)COC(=O)c2sccc2-n2cccc2)c(C)n1Cc1ccc(F)cc1. The lowest BCUT2D eigenvalue weighted by atomic mass is 10.1. The van der Waals surface area contributed by atoms with Crippen LogP contribution in [0.15, 0.2) is 66.3 Å². The normalized spacial score (nSPS) is 10.9. The third kappa shape index (κ3) is 4.36. The first-order valence-electron chi connectivity index (χ1n) is 9.76. The predicted octanol–water partition coefficient (Wildman–Crippen LogP) is 5.18. The standard InChI is InChI=1S/C24H21FN2O3S/c1-16-13-20(17(2)27(16)14-18-5-7-19(25)8-6-18)22(28)15-30-24(29)23-21(9-12-31-23)26-10-3-4-11-26/h3-13H,14-15H2,1-2H3. The summed E-state index contributed by atoms with van der Waals surface area (Å²) in [6.07, 6.45) is 3.69. The van der Waals surface area contributed by atoms with Gasteiger partial charge in [0.1, 0.15) is 10.7 Å². The van der Waals surface area contributed by atoms with E-state index in [-0.39, 0.29) is 18.2 Å². The van der Waals surface area contributed by atoms with Crippen molar-refractivity contribution in [2.45, 2.75) is 20.4 Å². The molecular weight excluding hydrogens is 415 g/mol. The van der Waals surface area contributed by atoms with Crippen molar-refractivity contribution in [1.82, 2.24) is 9.13 Å². The molecule has 0 saturated carbocycles. The zero-order chi connectivity index (χ0) is 22.0. The maximum absolute atomic E-state index is 13.2. The van der Waals surface area contributed by atoms with Gasteiger partial charge in [-0.15, -0.1) is 11.3 Å². The Bertz CT molecular complexity index is 1220. The number of hydrogen-bond acceptors (Lipinski definition) is 4. The second-order valence-corrected chi connectivity index (χ2v) is 8.14. The number of Topliss-reactive ketones (excluding diaryl/α,β-unsaturated/α-hetero) is 1. The number of aryl methyl sites for hydroxylation is 1. The van der Waals surface area contributed by atoms with Crippen molar-refractivity contribution in [1.29, 1.82) is 0 Å². The van der Waals surface area contributed by atoms with Gasteiger partial charge in [-0.3, -0.25) is 4.79 Å². The van der Waals surface area contributed by atoms with Gasteiger partial charge >= 0.3 is 5.97 Å².